The summed E-state index contributed by atoms with van der Waals surface area (Å²) in [6.07, 6.45) is 1.42. The maximum atomic E-state index is 16.1. The fourth-order valence-corrected chi connectivity index (χ4v) is 8.73. The van der Waals surface area contributed by atoms with E-state index in [9.17, 15) is 19.2 Å². The molecule has 0 spiro atoms. The van der Waals surface area contributed by atoms with Gasteiger partial charge in [0.25, 0.3) is 5.91 Å². The highest BCUT2D eigenvalue weighted by Crippen LogP contribution is 2.56. The molecule has 2 saturated heterocycles. The minimum Gasteiger partial charge on any atom is -0.494 e. The first-order valence-electron chi connectivity index (χ1n) is 18.9. The zero-order valence-corrected chi connectivity index (χ0v) is 32.7. The van der Waals surface area contributed by atoms with E-state index in [4.69, 9.17) is 26.8 Å². The number of piperidine rings is 1. The van der Waals surface area contributed by atoms with Gasteiger partial charge in [0.15, 0.2) is 23.0 Å². The number of nitrogens with zero attached hydrogens (tertiary/aromatic N) is 4. The number of amides is 5. The van der Waals surface area contributed by atoms with Crippen LogP contribution < -0.4 is 30.7 Å². The molecular formula is C42H40ClF2N7O6. The van der Waals surface area contributed by atoms with Crippen LogP contribution in [0.25, 0.3) is 22.0 Å². The molecule has 16 heteroatoms. The van der Waals surface area contributed by atoms with E-state index in [1.807, 2.05) is 37.3 Å². The Kier molecular flexibility index (Phi) is 10.1. The number of aryl methyl sites for hydroxylation is 1. The predicted molar refractivity (Wildman–Crippen MR) is 212 cm³/mol. The second-order valence-electron chi connectivity index (χ2n) is 14.8. The second-order valence-corrected chi connectivity index (χ2v) is 15.2. The number of urea groups is 1. The summed E-state index contributed by atoms with van der Waals surface area (Å²) >= 11 is 6.65. The number of fused-ring (bicyclic) bond motifs is 2. The van der Waals surface area contributed by atoms with Crippen molar-refractivity contribution in [3.63, 3.8) is 0 Å². The van der Waals surface area contributed by atoms with Crippen molar-refractivity contribution >= 4 is 52.1 Å². The van der Waals surface area contributed by atoms with Crippen LogP contribution in [0.4, 0.5) is 19.4 Å². The summed E-state index contributed by atoms with van der Waals surface area (Å²) in [5.41, 5.74) is 6.44. The number of hydrogen-bond donors (Lipinski definition) is 3. The topological polar surface area (TPSA) is 161 Å². The van der Waals surface area contributed by atoms with Gasteiger partial charge >= 0.3 is 6.03 Å². The number of imide groups is 1. The van der Waals surface area contributed by atoms with Crippen LogP contribution in [0, 0.1) is 11.6 Å². The van der Waals surface area contributed by atoms with Crippen LogP contribution in [0.5, 0.6) is 11.5 Å². The third-order valence-electron chi connectivity index (χ3n) is 11.6. The van der Waals surface area contributed by atoms with Gasteiger partial charge in [-0.3, -0.25) is 29.3 Å². The lowest BCUT2D eigenvalue weighted by Crippen LogP contribution is -2.50. The van der Waals surface area contributed by atoms with Crippen LogP contribution >= 0.6 is 11.6 Å². The number of carbonyl (C=O) groups excluding carboxylic acids is 4. The van der Waals surface area contributed by atoms with E-state index >= 15 is 8.78 Å². The molecular weight excluding hydrogens is 772 g/mol. The third kappa shape index (κ3) is 6.47. The van der Waals surface area contributed by atoms with Crippen molar-refractivity contribution in [2.45, 2.75) is 43.7 Å². The molecule has 8 rings (SSSR count). The molecule has 0 radical (unpaired) electrons. The summed E-state index contributed by atoms with van der Waals surface area (Å²) < 4.78 is 45.4. The molecule has 2 atom stereocenters. The lowest BCUT2D eigenvalue weighted by Gasteiger charge is -2.38. The van der Waals surface area contributed by atoms with E-state index < -0.39 is 35.1 Å². The maximum Gasteiger partial charge on any atom is 0.329 e. The van der Waals surface area contributed by atoms with Gasteiger partial charge in [-0.1, -0.05) is 48.9 Å². The number of primary amides is 1. The van der Waals surface area contributed by atoms with Crippen molar-refractivity contribution in [3.8, 4) is 22.6 Å². The van der Waals surface area contributed by atoms with Crippen LogP contribution in [0.1, 0.15) is 63.9 Å². The van der Waals surface area contributed by atoms with Crippen molar-refractivity contribution < 1.29 is 37.4 Å². The number of benzene rings is 4. The van der Waals surface area contributed by atoms with Crippen LogP contribution in [-0.2, 0) is 17.4 Å². The molecule has 0 saturated carbocycles. The van der Waals surface area contributed by atoms with Crippen molar-refractivity contribution in [3.05, 3.63) is 106 Å². The highest BCUT2D eigenvalue weighted by molar-refractivity contribution is 6.34. The van der Waals surface area contributed by atoms with Gasteiger partial charge in [-0.15, -0.1) is 0 Å². The Bertz CT molecular complexity index is 2510. The van der Waals surface area contributed by atoms with Gasteiger partial charge in [0, 0.05) is 85.3 Å². The number of anilines is 1. The van der Waals surface area contributed by atoms with Crippen LogP contribution in [0.15, 0.2) is 66.7 Å². The first kappa shape index (κ1) is 38.8. The van der Waals surface area contributed by atoms with E-state index in [2.05, 4.69) is 15.7 Å². The number of rotatable bonds is 9. The molecule has 13 nitrogen and oxygen atoms in total. The largest absolute Gasteiger partial charge is 0.494 e. The van der Waals surface area contributed by atoms with Crippen molar-refractivity contribution in [1.82, 2.24) is 25.3 Å². The normalized spacial score (nSPS) is 19.6. The van der Waals surface area contributed by atoms with Gasteiger partial charge in [-0.05, 0) is 48.7 Å². The van der Waals surface area contributed by atoms with Crippen LogP contribution in [0.2, 0.25) is 5.02 Å². The Balaban J connectivity index is 1.03. The van der Waals surface area contributed by atoms with Gasteiger partial charge in [0.1, 0.15) is 11.6 Å². The van der Waals surface area contributed by atoms with Crippen LogP contribution in [-0.4, -0.2) is 77.8 Å². The first-order valence-corrected chi connectivity index (χ1v) is 19.2. The zero-order valence-electron chi connectivity index (χ0n) is 31.9. The minimum atomic E-state index is -1.12. The minimum absolute atomic E-state index is 0.0223. The van der Waals surface area contributed by atoms with Crippen molar-refractivity contribution in [2.24, 2.45) is 12.8 Å². The molecule has 5 amide bonds. The second kappa shape index (κ2) is 15.0. The molecule has 0 unspecified atom stereocenters. The monoisotopic (exact) mass is 811 g/mol. The Hall–Kier alpha value is -6.06. The van der Waals surface area contributed by atoms with Crippen molar-refractivity contribution in [1.29, 1.82) is 0 Å². The average molecular weight is 812 g/mol. The van der Waals surface area contributed by atoms with E-state index in [0.717, 1.165) is 5.56 Å². The molecule has 3 aliphatic heterocycles. The molecule has 58 heavy (non-hydrogen) atoms. The van der Waals surface area contributed by atoms with E-state index in [-0.39, 0.29) is 70.6 Å². The molecule has 5 aromatic rings. The Labute approximate surface area is 337 Å². The number of methoxy groups -OCH3 is 1. The SMILES string of the molecule is COc1ccc(C(N)=O)c(-c2c(Cl)c(F)cc3c2[C@H](C)[C@@](CNC2CCN(C(=O)c4ccc5c(N6CCC(=O)NC6=O)nn(C)c5c4)CC2)(c2ccccc2)O3)c1F. The molecule has 4 heterocycles. The molecule has 4 N–H and O–H groups in total. The lowest BCUT2D eigenvalue weighted by atomic mass is 9.77. The summed E-state index contributed by atoms with van der Waals surface area (Å²) in [4.78, 5) is 53.9. The summed E-state index contributed by atoms with van der Waals surface area (Å²) in [6.45, 7) is 3.30. The van der Waals surface area contributed by atoms with E-state index in [0.29, 0.717) is 53.8 Å². The fraction of sp³-hybridized carbons (Fsp3) is 0.310. The first-order chi connectivity index (χ1) is 27.8. The number of carbonyl (C=O) groups is 4. The van der Waals surface area contributed by atoms with E-state index in [1.54, 1.807) is 34.8 Å². The summed E-state index contributed by atoms with van der Waals surface area (Å²) in [7, 11) is 3.02. The number of likely N-dealkylation sites (tertiary alicyclic amines) is 1. The van der Waals surface area contributed by atoms with Gasteiger partial charge in [-0.2, -0.15) is 5.10 Å². The average Bonchev–Trinajstić information content (AvgIpc) is 3.70. The number of nitrogens with one attached hydrogen (secondary N) is 2. The Morgan fingerprint density at radius 1 is 1.05 bits per heavy atom. The smallest absolute Gasteiger partial charge is 0.329 e. The maximum absolute atomic E-state index is 16.1. The van der Waals surface area contributed by atoms with Gasteiger partial charge < -0.3 is 25.4 Å². The highest BCUT2D eigenvalue weighted by Gasteiger charge is 2.50. The molecule has 3 aliphatic rings. The summed E-state index contributed by atoms with van der Waals surface area (Å²) in [6, 6.07) is 17.9. The summed E-state index contributed by atoms with van der Waals surface area (Å²) in [5, 5.41) is 10.8. The fourth-order valence-electron chi connectivity index (χ4n) is 8.48. The number of halogens is 3. The molecule has 0 bridgehead atoms. The number of aromatic nitrogens is 2. The molecule has 2 fully saturated rings. The number of hydrogen-bond acceptors (Lipinski definition) is 8. The van der Waals surface area contributed by atoms with Crippen molar-refractivity contribution in [2.75, 3.05) is 38.2 Å². The van der Waals surface area contributed by atoms with Crippen LogP contribution in [0.3, 0.4) is 0 Å². The quantitative estimate of drug-likeness (QED) is 0.163. The molecule has 0 aliphatic carbocycles. The van der Waals surface area contributed by atoms with Gasteiger partial charge in [0.2, 0.25) is 11.8 Å². The number of nitrogens with two attached hydrogens (primary N) is 1. The van der Waals surface area contributed by atoms with Gasteiger partial charge in [0.05, 0.1) is 23.2 Å². The molecule has 4 aromatic carbocycles. The lowest BCUT2D eigenvalue weighted by molar-refractivity contribution is -0.120. The highest BCUT2D eigenvalue weighted by atomic mass is 35.5. The molecule has 300 valence electrons. The third-order valence-corrected chi connectivity index (χ3v) is 11.9. The predicted octanol–water partition coefficient (Wildman–Crippen LogP) is 6.01. The standard InChI is InChI=1S/C42H40ClF2N7O6/c1-22-33-31(20-28(44)36(43)35(33)34-27(38(46)54)11-12-30(57-3)37(34)45)58-42(22,24-7-5-4-6-8-24)21-47-25-13-16-51(17-14-25)40(55)23-9-10-26-29(19-23)50(2)49-39(26)52-18-15-32(53)48-41(52)56/h4-12,19-20,22,25,47H,13-18,21H2,1-3H3,(H2,46,54)(H,48,53,56)/t22-,42-/m0/s1. The molecule has 1 aromatic heterocycles. The zero-order chi connectivity index (χ0) is 41.0. The Morgan fingerprint density at radius 2 is 1.79 bits per heavy atom. The van der Waals surface area contributed by atoms with E-state index in [1.165, 1.54) is 30.2 Å². The Morgan fingerprint density at radius 3 is 2.48 bits per heavy atom. The van der Waals surface area contributed by atoms with Gasteiger partial charge in [-0.25, -0.2) is 13.6 Å². The summed E-state index contributed by atoms with van der Waals surface area (Å²) in [5.74, 6) is -3.32. The number of ether oxygens (including phenoxy) is 2.